The average Bonchev–Trinajstić information content (AvgIpc) is 3.21. The van der Waals surface area contributed by atoms with Gasteiger partial charge in [0.05, 0.1) is 17.8 Å². The molecule has 158 valence electrons. The van der Waals surface area contributed by atoms with E-state index in [-0.39, 0.29) is 15.5 Å². The summed E-state index contributed by atoms with van der Waals surface area (Å²) in [5.41, 5.74) is 1.81. The first kappa shape index (κ1) is 22.7. The molecule has 0 aliphatic carbocycles. The maximum atomic E-state index is 12.6. The van der Waals surface area contributed by atoms with Crippen molar-refractivity contribution in [2.24, 2.45) is 0 Å². The Morgan fingerprint density at radius 3 is 2.57 bits per heavy atom. The van der Waals surface area contributed by atoms with Gasteiger partial charge in [0.25, 0.3) is 15.9 Å². The van der Waals surface area contributed by atoms with Crippen molar-refractivity contribution in [3.63, 3.8) is 0 Å². The van der Waals surface area contributed by atoms with E-state index in [0.717, 1.165) is 16.2 Å². The highest BCUT2D eigenvalue weighted by atomic mass is 35.5. The SMILES string of the molecule is CON(C)S(=O)(=O)c1cc(C(=O)Nc2nc(-c3ccc(SC)cc3)cs2)ccc1Cl. The van der Waals surface area contributed by atoms with Crippen LogP contribution >= 0.6 is 34.7 Å². The lowest BCUT2D eigenvalue weighted by Crippen LogP contribution is -2.26. The molecule has 1 N–H and O–H groups in total. The molecule has 0 radical (unpaired) electrons. The zero-order chi connectivity index (χ0) is 21.9. The van der Waals surface area contributed by atoms with Crippen LogP contribution in [0.15, 0.2) is 57.6 Å². The van der Waals surface area contributed by atoms with Crippen LogP contribution < -0.4 is 5.32 Å². The number of anilines is 1. The van der Waals surface area contributed by atoms with E-state index in [9.17, 15) is 13.2 Å². The fourth-order valence-corrected chi connectivity index (χ4v) is 5.07. The number of rotatable bonds is 7. The Labute approximate surface area is 188 Å². The molecule has 0 saturated heterocycles. The van der Waals surface area contributed by atoms with Gasteiger partial charge in [-0.05, 0) is 36.6 Å². The van der Waals surface area contributed by atoms with E-state index < -0.39 is 15.9 Å². The van der Waals surface area contributed by atoms with Gasteiger partial charge in [-0.25, -0.2) is 13.4 Å². The topological polar surface area (TPSA) is 88.6 Å². The lowest BCUT2D eigenvalue weighted by atomic mass is 10.2. The molecule has 0 atom stereocenters. The standard InChI is InChI=1S/C19H18ClN3O4S3/c1-23(27-2)30(25,26)17-10-13(6-9-15(17)20)18(24)22-19-21-16(11-29-19)12-4-7-14(28-3)8-5-12/h4-11H,1-3H3,(H,21,22,24). The second kappa shape index (κ2) is 9.46. The van der Waals surface area contributed by atoms with Crippen molar-refractivity contribution in [2.75, 3.05) is 25.7 Å². The van der Waals surface area contributed by atoms with Crippen LogP contribution in [0.1, 0.15) is 10.4 Å². The number of hydrogen-bond donors (Lipinski definition) is 1. The van der Waals surface area contributed by atoms with Crippen molar-refractivity contribution in [1.82, 2.24) is 9.45 Å². The zero-order valence-corrected chi connectivity index (χ0v) is 19.5. The summed E-state index contributed by atoms with van der Waals surface area (Å²) < 4.78 is 25.7. The summed E-state index contributed by atoms with van der Waals surface area (Å²) in [6.07, 6.45) is 2.01. The number of aromatic nitrogens is 1. The van der Waals surface area contributed by atoms with E-state index in [4.69, 9.17) is 16.4 Å². The Balaban J connectivity index is 1.81. The zero-order valence-electron chi connectivity index (χ0n) is 16.2. The number of thiazole rings is 1. The predicted molar refractivity (Wildman–Crippen MR) is 121 cm³/mol. The minimum Gasteiger partial charge on any atom is -0.298 e. The van der Waals surface area contributed by atoms with Crippen molar-refractivity contribution in [2.45, 2.75) is 9.79 Å². The Morgan fingerprint density at radius 1 is 1.23 bits per heavy atom. The fourth-order valence-electron chi connectivity index (χ4n) is 2.47. The van der Waals surface area contributed by atoms with Crippen molar-refractivity contribution < 1.29 is 18.0 Å². The van der Waals surface area contributed by atoms with Crippen molar-refractivity contribution in [3.05, 3.63) is 58.4 Å². The number of thioether (sulfide) groups is 1. The van der Waals surface area contributed by atoms with Crippen LogP contribution in [0.3, 0.4) is 0 Å². The average molecular weight is 484 g/mol. The van der Waals surface area contributed by atoms with Gasteiger partial charge in [0.1, 0.15) is 4.90 Å². The third-order valence-electron chi connectivity index (χ3n) is 4.18. The molecule has 3 aromatic rings. The summed E-state index contributed by atoms with van der Waals surface area (Å²) >= 11 is 8.97. The van der Waals surface area contributed by atoms with Crippen LogP contribution in [0.4, 0.5) is 5.13 Å². The van der Waals surface area contributed by atoms with Crippen LogP contribution in [-0.2, 0) is 14.9 Å². The summed E-state index contributed by atoms with van der Waals surface area (Å²) in [5, 5.41) is 4.92. The maximum absolute atomic E-state index is 12.6. The van der Waals surface area contributed by atoms with E-state index in [1.165, 1.54) is 43.7 Å². The van der Waals surface area contributed by atoms with E-state index >= 15 is 0 Å². The smallest absolute Gasteiger partial charge is 0.266 e. The minimum atomic E-state index is -4.00. The lowest BCUT2D eigenvalue weighted by Gasteiger charge is -2.15. The van der Waals surface area contributed by atoms with E-state index in [1.807, 2.05) is 35.9 Å². The molecule has 1 heterocycles. The monoisotopic (exact) mass is 483 g/mol. The number of hydroxylamine groups is 1. The summed E-state index contributed by atoms with van der Waals surface area (Å²) in [4.78, 5) is 22.8. The van der Waals surface area contributed by atoms with Gasteiger partial charge in [-0.2, -0.15) is 0 Å². The van der Waals surface area contributed by atoms with Gasteiger partial charge in [0.2, 0.25) is 0 Å². The minimum absolute atomic E-state index is 0.0133. The second-order valence-electron chi connectivity index (χ2n) is 5.96. The molecular formula is C19H18ClN3O4S3. The molecule has 2 aromatic carbocycles. The molecule has 0 spiro atoms. The van der Waals surface area contributed by atoms with Gasteiger partial charge in [-0.1, -0.05) is 28.2 Å². The molecule has 0 bridgehead atoms. The molecule has 1 amide bonds. The van der Waals surface area contributed by atoms with Gasteiger partial charge in [-0.15, -0.1) is 23.1 Å². The number of sulfonamides is 1. The van der Waals surface area contributed by atoms with Crippen molar-refractivity contribution in [3.8, 4) is 11.3 Å². The predicted octanol–water partition coefficient (Wildman–Crippen LogP) is 4.62. The highest BCUT2D eigenvalue weighted by molar-refractivity contribution is 7.98. The quantitative estimate of drug-likeness (QED) is 0.389. The normalized spacial score (nSPS) is 11.6. The largest absolute Gasteiger partial charge is 0.298 e. The third-order valence-corrected chi connectivity index (χ3v) is 7.84. The van der Waals surface area contributed by atoms with E-state index in [1.54, 1.807) is 11.8 Å². The summed E-state index contributed by atoms with van der Waals surface area (Å²) in [5.74, 6) is -0.498. The van der Waals surface area contributed by atoms with Crippen LogP contribution in [0, 0.1) is 0 Å². The molecule has 0 fully saturated rings. The first-order chi connectivity index (χ1) is 14.3. The van der Waals surface area contributed by atoms with Gasteiger partial charge in [-0.3, -0.25) is 14.9 Å². The molecule has 0 aliphatic heterocycles. The van der Waals surface area contributed by atoms with Gasteiger partial charge in [0, 0.05) is 28.5 Å². The number of halogens is 1. The van der Waals surface area contributed by atoms with Gasteiger partial charge >= 0.3 is 0 Å². The molecule has 30 heavy (non-hydrogen) atoms. The number of benzene rings is 2. The molecule has 7 nitrogen and oxygen atoms in total. The second-order valence-corrected chi connectivity index (χ2v) is 10.0. The molecule has 3 rings (SSSR count). The van der Waals surface area contributed by atoms with Gasteiger partial charge < -0.3 is 0 Å². The van der Waals surface area contributed by atoms with Crippen LogP contribution in [0.5, 0.6) is 0 Å². The van der Waals surface area contributed by atoms with Crippen LogP contribution in [0.2, 0.25) is 5.02 Å². The summed E-state index contributed by atoms with van der Waals surface area (Å²) in [6, 6.07) is 11.9. The number of nitrogens with zero attached hydrogens (tertiary/aromatic N) is 2. The highest BCUT2D eigenvalue weighted by Gasteiger charge is 2.25. The molecule has 11 heteroatoms. The summed E-state index contributed by atoms with van der Waals surface area (Å²) in [7, 11) is -1.55. The van der Waals surface area contributed by atoms with Gasteiger partial charge in [0.15, 0.2) is 5.13 Å². The number of carbonyl (C=O) groups excluding carboxylic acids is 1. The summed E-state index contributed by atoms with van der Waals surface area (Å²) in [6.45, 7) is 0. The van der Waals surface area contributed by atoms with Crippen LogP contribution in [-0.4, -0.2) is 44.2 Å². The first-order valence-corrected chi connectivity index (χ1v) is 12.4. The number of amides is 1. The number of carbonyl (C=O) groups is 1. The molecule has 0 saturated carbocycles. The Hall–Kier alpha value is -1.95. The Bertz CT molecular complexity index is 1160. The van der Waals surface area contributed by atoms with Crippen molar-refractivity contribution >= 4 is 55.8 Å². The number of hydrogen-bond acceptors (Lipinski definition) is 7. The Morgan fingerprint density at radius 2 is 1.93 bits per heavy atom. The third kappa shape index (κ3) is 4.85. The maximum Gasteiger partial charge on any atom is 0.266 e. The van der Waals surface area contributed by atoms with Crippen LogP contribution in [0.25, 0.3) is 11.3 Å². The number of nitrogens with one attached hydrogen (secondary N) is 1. The van der Waals surface area contributed by atoms with E-state index in [0.29, 0.717) is 9.60 Å². The van der Waals surface area contributed by atoms with Crippen molar-refractivity contribution in [1.29, 1.82) is 0 Å². The van der Waals surface area contributed by atoms with E-state index in [2.05, 4.69) is 10.3 Å². The highest BCUT2D eigenvalue weighted by Crippen LogP contribution is 2.28. The molecule has 0 aliphatic rings. The molecule has 1 aromatic heterocycles. The Kier molecular flexibility index (Phi) is 7.17. The fraction of sp³-hybridized carbons (Fsp3) is 0.158. The first-order valence-electron chi connectivity index (χ1n) is 8.50. The lowest BCUT2D eigenvalue weighted by molar-refractivity contribution is -0.0258. The molecular weight excluding hydrogens is 466 g/mol. The molecule has 0 unspecified atom stereocenters.